The zero-order valence-electron chi connectivity index (χ0n) is 19.1. The minimum atomic E-state index is -1.91. The van der Waals surface area contributed by atoms with Crippen molar-refractivity contribution in [2.75, 3.05) is 0 Å². The fraction of sp³-hybridized carbons (Fsp3) is 0.0968. The molecule has 0 aromatic heterocycles. The van der Waals surface area contributed by atoms with Gasteiger partial charge in [0.1, 0.15) is 23.2 Å². The number of rotatable bonds is 5. The first-order valence-electron chi connectivity index (χ1n) is 11.2. The monoisotopic (exact) mass is 510 g/mol. The molecule has 0 saturated carbocycles. The molecule has 33 heavy (non-hydrogen) atoms. The first kappa shape index (κ1) is 23.4. The van der Waals surface area contributed by atoms with Crippen molar-refractivity contribution in [3.63, 3.8) is 0 Å². The Morgan fingerprint density at radius 2 is 0.939 bits per heavy atom. The van der Waals surface area contributed by atoms with E-state index in [9.17, 15) is 0 Å². The minimum absolute atomic E-state index is 0. The molecule has 0 aliphatic heterocycles. The Morgan fingerprint density at radius 1 is 0.485 bits per heavy atom. The molecule has 5 aromatic rings. The zero-order valence-corrected chi connectivity index (χ0v) is 21.6. The van der Waals surface area contributed by atoms with Crippen LogP contribution in [0.15, 0.2) is 121 Å². The van der Waals surface area contributed by atoms with Gasteiger partial charge in [0.25, 0.3) is 0 Å². The van der Waals surface area contributed by atoms with Crippen LogP contribution in [0.2, 0.25) is 0 Å². The summed E-state index contributed by atoms with van der Waals surface area (Å²) in [5, 5.41) is 7.07. The van der Waals surface area contributed by atoms with E-state index in [1.54, 1.807) is 0 Å². The lowest BCUT2D eigenvalue weighted by molar-refractivity contribution is -0.00000628. The Morgan fingerprint density at radius 3 is 1.42 bits per heavy atom. The predicted octanol–water partition coefficient (Wildman–Crippen LogP) is 3.95. The molecule has 0 heterocycles. The summed E-state index contributed by atoms with van der Waals surface area (Å²) in [6, 6.07) is 44.9. The summed E-state index contributed by atoms with van der Waals surface area (Å²) >= 11 is 0. The van der Waals surface area contributed by atoms with Gasteiger partial charge in [0.15, 0.2) is 0 Å². The van der Waals surface area contributed by atoms with Gasteiger partial charge in [-0.1, -0.05) is 84.9 Å². The Balaban J connectivity index is 0.00000259. The van der Waals surface area contributed by atoms with Crippen molar-refractivity contribution in [2.45, 2.75) is 20.0 Å². The molecular weight excluding hydrogens is 483 g/mol. The van der Waals surface area contributed by atoms with E-state index < -0.39 is 7.26 Å². The molecule has 0 nitrogen and oxygen atoms in total. The first-order valence-corrected chi connectivity index (χ1v) is 13.2. The second kappa shape index (κ2) is 10.0. The molecule has 0 amide bonds. The number of halogens is 1. The van der Waals surface area contributed by atoms with E-state index in [-0.39, 0.29) is 17.0 Å². The van der Waals surface area contributed by atoms with Crippen molar-refractivity contribution in [3.8, 4) is 0 Å². The number of fused-ring (bicyclic) bond motifs is 1. The third-order valence-corrected chi connectivity index (χ3v) is 10.9. The lowest BCUT2D eigenvalue weighted by Crippen LogP contribution is -3.00. The maximum atomic E-state index is 2.36. The largest absolute Gasteiger partial charge is 1.00 e. The quantitative estimate of drug-likeness (QED) is 0.314. The molecule has 0 saturated heterocycles. The highest BCUT2D eigenvalue weighted by Gasteiger charge is 2.45. The maximum absolute atomic E-state index is 2.36. The molecule has 0 spiro atoms. The van der Waals surface area contributed by atoms with Crippen LogP contribution in [-0.4, -0.2) is 0 Å². The predicted molar refractivity (Wildman–Crippen MR) is 142 cm³/mol. The first-order chi connectivity index (χ1) is 15.7. The molecule has 5 rings (SSSR count). The van der Waals surface area contributed by atoms with E-state index in [1.807, 2.05) is 0 Å². The third-order valence-electron chi connectivity index (χ3n) is 6.55. The van der Waals surface area contributed by atoms with E-state index in [2.05, 4.69) is 135 Å². The standard InChI is InChI=1S/C31H28P.BrH/c1-24-13-12-20-30-26(22-21-25(2)31(24)30)23-32(27-14-6-3-7-15-27,28-16-8-4-9-17-28)29-18-10-5-11-19-29;/h3-22H,23H2,1-2H3;1H/q+1;/p-1. The number of hydrogen-bond donors (Lipinski definition) is 0. The summed E-state index contributed by atoms with van der Waals surface area (Å²) in [7, 11) is -1.91. The Hall–Kier alpha value is -2.73. The molecule has 164 valence electrons. The molecule has 0 radical (unpaired) electrons. The van der Waals surface area contributed by atoms with Crippen molar-refractivity contribution < 1.29 is 17.0 Å². The van der Waals surface area contributed by atoms with Crippen LogP contribution in [0.3, 0.4) is 0 Å². The summed E-state index contributed by atoms with van der Waals surface area (Å²) in [6.07, 6.45) is 1.01. The van der Waals surface area contributed by atoms with Crippen molar-refractivity contribution >= 4 is 33.9 Å². The molecule has 0 bridgehead atoms. The van der Waals surface area contributed by atoms with Gasteiger partial charge in [-0.05, 0) is 77.7 Å². The summed E-state index contributed by atoms with van der Waals surface area (Å²) in [5.41, 5.74) is 4.13. The fourth-order valence-electron chi connectivity index (χ4n) is 5.02. The number of hydrogen-bond acceptors (Lipinski definition) is 0. The van der Waals surface area contributed by atoms with Crippen LogP contribution < -0.4 is 32.9 Å². The summed E-state index contributed by atoms with van der Waals surface area (Å²) in [5.74, 6) is 0. The van der Waals surface area contributed by atoms with Crippen LogP contribution in [0.1, 0.15) is 16.7 Å². The molecule has 0 aliphatic carbocycles. The van der Waals surface area contributed by atoms with Crippen molar-refractivity contribution in [1.82, 2.24) is 0 Å². The SMILES string of the molecule is Cc1cccc2c(C[P+](c3ccccc3)(c3ccccc3)c3ccccc3)ccc(C)c12.[Br-]. The van der Waals surface area contributed by atoms with Gasteiger partial charge in [-0.3, -0.25) is 0 Å². The molecule has 2 heteroatoms. The third kappa shape index (κ3) is 4.29. The highest BCUT2D eigenvalue weighted by molar-refractivity contribution is 7.95. The average molecular weight is 511 g/mol. The topological polar surface area (TPSA) is 0 Å². The summed E-state index contributed by atoms with van der Waals surface area (Å²) in [6.45, 7) is 4.46. The fourth-order valence-corrected chi connectivity index (χ4v) is 9.29. The van der Waals surface area contributed by atoms with E-state index in [0.29, 0.717) is 0 Å². The van der Waals surface area contributed by atoms with Gasteiger partial charge >= 0.3 is 0 Å². The molecule has 0 unspecified atom stereocenters. The van der Waals surface area contributed by atoms with E-state index >= 15 is 0 Å². The Kier molecular flexibility index (Phi) is 7.13. The highest BCUT2D eigenvalue weighted by atomic mass is 79.9. The van der Waals surface area contributed by atoms with Crippen LogP contribution in [0, 0.1) is 13.8 Å². The molecular formula is C31H28BrP. The van der Waals surface area contributed by atoms with Gasteiger partial charge in [0, 0.05) is 0 Å². The van der Waals surface area contributed by atoms with Crippen LogP contribution in [0.25, 0.3) is 10.8 Å². The van der Waals surface area contributed by atoms with Crippen LogP contribution in [0.4, 0.5) is 0 Å². The van der Waals surface area contributed by atoms with E-state index in [4.69, 9.17) is 0 Å². The lowest BCUT2D eigenvalue weighted by Gasteiger charge is -2.28. The van der Waals surface area contributed by atoms with E-state index in [0.717, 1.165) is 6.16 Å². The lowest BCUT2D eigenvalue weighted by atomic mass is 9.97. The van der Waals surface area contributed by atoms with Gasteiger partial charge in [-0.25, -0.2) is 0 Å². The molecule has 0 fully saturated rings. The van der Waals surface area contributed by atoms with Crippen LogP contribution in [-0.2, 0) is 6.16 Å². The van der Waals surface area contributed by atoms with Gasteiger partial charge in [-0.2, -0.15) is 0 Å². The summed E-state index contributed by atoms with van der Waals surface area (Å²) < 4.78 is 0. The van der Waals surface area contributed by atoms with Crippen LogP contribution >= 0.6 is 7.26 Å². The van der Waals surface area contributed by atoms with E-state index in [1.165, 1.54) is 43.4 Å². The second-order valence-corrected chi connectivity index (χ2v) is 12.0. The zero-order chi connectivity index (χ0) is 22.0. The van der Waals surface area contributed by atoms with Crippen molar-refractivity contribution in [3.05, 3.63) is 138 Å². The highest BCUT2D eigenvalue weighted by Crippen LogP contribution is 2.58. The second-order valence-electron chi connectivity index (χ2n) is 8.51. The molecule has 0 N–H and O–H groups in total. The van der Waals surface area contributed by atoms with Gasteiger partial charge in [-0.15, -0.1) is 0 Å². The Bertz CT molecular complexity index is 1240. The normalized spacial score (nSPS) is 11.2. The van der Waals surface area contributed by atoms with Crippen LogP contribution in [0.5, 0.6) is 0 Å². The number of benzene rings is 5. The molecule has 0 atom stereocenters. The Labute approximate surface area is 208 Å². The van der Waals surface area contributed by atoms with Crippen molar-refractivity contribution in [2.24, 2.45) is 0 Å². The number of aryl methyl sites for hydroxylation is 2. The smallest absolute Gasteiger partial charge is 0.116 e. The average Bonchev–Trinajstić information content (AvgIpc) is 2.85. The summed E-state index contributed by atoms with van der Waals surface area (Å²) in [4.78, 5) is 0. The van der Waals surface area contributed by atoms with Gasteiger partial charge in [0.2, 0.25) is 0 Å². The van der Waals surface area contributed by atoms with Gasteiger partial charge < -0.3 is 17.0 Å². The molecule has 0 aliphatic rings. The van der Waals surface area contributed by atoms with Crippen molar-refractivity contribution in [1.29, 1.82) is 0 Å². The molecule has 5 aromatic carbocycles. The van der Waals surface area contributed by atoms with Gasteiger partial charge in [0.05, 0.1) is 6.16 Å². The minimum Gasteiger partial charge on any atom is -1.00 e. The maximum Gasteiger partial charge on any atom is 0.116 e.